The van der Waals surface area contributed by atoms with E-state index in [1.54, 1.807) is 22.5 Å². The second kappa shape index (κ2) is 7.10. The average molecular weight is 332 g/mol. The van der Waals surface area contributed by atoms with Crippen molar-refractivity contribution >= 4 is 17.2 Å². The number of aromatic nitrogens is 1. The van der Waals surface area contributed by atoms with E-state index in [1.165, 1.54) is 11.3 Å². The number of nitrogens with zero attached hydrogens (tertiary/aromatic N) is 2. The molecule has 5 nitrogen and oxygen atoms in total. The van der Waals surface area contributed by atoms with E-state index in [2.05, 4.69) is 4.98 Å². The van der Waals surface area contributed by atoms with Gasteiger partial charge in [-0.3, -0.25) is 4.79 Å². The maximum Gasteiger partial charge on any atom is 0.254 e. The molecule has 0 spiro atoms. The number of hydrogen-bond acceptors (Lipinski definition) is 5. The molecule has 1 saturated heterocycles. The van der Waals surface area contributed by atoms with Crippen LogP contribution in [0.25, 0.3) is 0 Å². The summed E-state index contributed by atoms with van der Waals surface area (Å²) in [5, 5.41) is 11.9. The zero-order valence-electron chi connectivity index (χ0n) is 13.0. The average Bonchev–Trinajstić information content (AvgIpc) is 3.08. The molecular formula is C17H20N2O3S. The molecule has 0 radical (unpaired) electrons. The molecule has 1 N–H and O–H groups in total. The minimum absolute atomic E-state index is 0.0601. The van der Waals surface area contributed by atoms with Crippen LogP contribution in [0.5, 0.6) is 5.75 Å². The molecule has 1 aromatic carbocycles. The fraction of sp³-hybridized carbons (Fsp3) is 0.412. The molecule has 1 aliphatic heterocycles. The van der Waals surface area contributed by atoms with Crippen LogP contribution in [0.15, 0.2) is 35.2 Å². The molecule has 23 heavy (non-hydrogen) atoms. The van der Waals surface area contributed by atoms with Gasteiger partial charge in [0.15, 0.2) is 0 Å². The lowest BCUT2D eigenvalue weighted by Gasteiger charge is -2.34. The van der Waals surface area contributed by atoms with Crippen LogP contribution in [-0.2, 0) is 6.61 Å². The van der Waals surface area contributed by atoms with E-state index in [4.69, 9.17) is 4.74 Å². The number of rotatable bonds is 4. The number of aliphatic hydroxyl groups is 1. The van der Waals surface area contributed by atoms with Crippen molar-refractivity contribution < 1.29 is 14.6 Å². The van der Waals surface area contributed by atoms with Crippen molar-refractivity contribution in [3.63, 3.8) is 0 Å². The summed E-state index contributed by atoms with van der Waals surface area (Å²) in [5.74, 6) is 0.830. The van der Waals surface area contributed by atoms with Gasteiger partial charge in [-0.05, 0) is 30.5 Å². The molecule has 0 aliphatic carbocycles. The SMILES string of the molecule is CC1CCN(C(=O)c2cccc(OCc3cscn3)c2)CC1O. The summed E-state index contributed by atoms with van der Waals surface area (Å²) >= 11 is 1.53. The molecule has 122 valence electrons. The highest BCUT2D eigenvalue weighted by Gasteiger charge is 2.27. The van der Waals surface area contributed by atoms with Crippen LogP contribution >= 0.6 is 11.3 Å². The van der Waals surface area contributed by atoms with E-state index in [0.29, 0.717) is 31.0 Å². The Morgan fingerprint density at radius 1 is 1.52 bits per heavy atom. The second-order valence-corrected chi connectivity index (χ2v) is 6.60. The van der Waals surface area contributed by atoms with Crippen LogP contribution in [0, 0.1) is 5.92 Å². The highest BCUT2D eigenvalue weighted by atomic mass is 32.1. The number of β-amino-alcohol motifs (C(OH)–C–C–N with tert-alkyl or cyclic N) is 1. The van der Waals surface area contributed by atoms with Gasteiger partial charge >= 0.3 is 0 Å². The first kappa shape index (κ1) is 16.0. The summed E-state index contributed by atoms with van der Waals surface area (Å²) in [6.07, 6.45) is 0.379. The third-order valence-corrected chi connectivity index (χ3v) is 4.79. The van der Waals surface area contributed by atoms with Crippen LogP contribution < -0.4 is 4.74 Å². The van der Waals surface area contributed by atoms with Gasteiger partial charge in [-0.15, -0.1) is 11.3 Å². The van der Waals surface area contributed by atoms with Gasteiger partial charge in [0, 0.05) is 24.0 Å². The molecule has 2 atom stereocenters. The number of benzene rings is 1. The highest BCUT2D eigenvalue weighted by molar-refractivity contribution is 7.07. The van der Waals surface area contributed by atoms with Gasteiger partial charge in [-0.2, -0.15) is 0 Å². The maximum atomic E-state index is 12.6. The smallest absolute Gasteiger partial charge is 0.254 e. The van der Waals surface area contributed by atoms with Gasteiger partial charge in [0.05, 0.1) is 17.3 Å². The van der Waals surface area contributed by atoms with Crippen molar-refractivity contribution in [3.8, 4) is 5.75 Å². The minimum Gasteiger partial charge on any atom is -0.487 e. The topological polar surface area (TPSA) is 62.7 Å². The number of piperidine rings is 1. The molecule has 2 aromatic rings. The first-order chi connectivity index (χ1) is 11.1. The quantitative estimate of drug-likeness (QED) is 0.935. The van der Waals surface area contributed by atoms with Crippen molar-refractivity contribution in [2.75, 3.05) is 13.1 Å². The summed E-state index contributed by atoms with van der Waals surface area (Å²) in [4.78, 5) is 18.5. The minimum atomic E-state index is -0.447. The molecule has 2 unspecified atom stereocenters. The number of thiazole rings is 1. The Morgan fingerprint density at radius 3 is 3.13 bits per heavy atom. The van der Waals surface area contributed by atoms with Gasteiger partial charge in [-0.25, -0.2) is 4.98 Å². The van der Waals surface area contributed by atoms with Gasteiger partial charge in [0.1, 0.15) is 12.4 Å². The van der Waals surface area contributed by atoms with Crippen molar-refractivity contribution in [1.82, 2.24) is 9.88 Å². The summed E-state index contributed by atoms with van der Waals surface area (Å²) in [7, 11) is 0. The fourth-order valence-corrected chi connectivity index (χ4v) is 3.14. The highest BCUT2D eigenvalue weighted by Crippen LogP contribution is 2.21. The Bertz CT molecular complexity index is 660. The summed E-state index contributed by atoms with van der Waals surface area (Å²) in [5.41, 5.74) is 3.23. The van der Waals surface area contributed by atoms with Crippen LogP contribution in [0.1, 0.15) is 29.4 Å². The van der Waals surface area contributed by atoms with Gasteiger partial charge in [0.25, 0.3) is 5.91 Å². The summed E-state index contributed by atoms with van der Waals surface area (Å²) in [6, 6.07) is 7.17. The standard InChI is InChI=1S/C17H20N2O3S/c1-12-5-6-19(8-16(12)20)17(21)13-3-2-4-15(7-13)22-9-14-10-23-11-18-14/h2-4,7,10-12,16,20H,5-6,8-9H2,1H3. The van der Waals surface area contributed by atoms with Gasteiger partial charge in [-0.1, -0.05) is 13.0 Å². The predicted molar refractivity (Wildman–Crippen MR) is 88.6 cm³/mol. The monoisotopic (exact) mass is 332 g/mol. The Morgan fingerprint density at radius 2 is 2.39 bits per heavy atom. The molecule has 3 rings (SSSR count). The number of aliphatic hydroxyl groups excluding tert-OH is 1. The summed E-state index contributed by atoms with van der Waals surface area (Å²) < 4.78 is 5.69. The van der Waals surface area contributed by atoms with Crippen LogP contribution in [0.4, 0.5) is 0 Å². The largest absolute Gasteiger partial charge is 0.487 e. The van der Waals surface area contributed by atoms with E-state index in [0.717, 1.165) is 12.1 Å². The number of amides is 1. The molecular weight excluding hydrogens is 312 g/mol. The number of carbonyl (C=O) groups is 1. The van der Waals surface area contributed by atoms with Crippen molar-refractivity contribution in [3.05, 3.63) is 46.4 Å². The molecule has 1 amide bonds. The Balaban J connectivity index is 1.65. The van der Waals surface area contributed by atoms with E-state index < -0.39 is 6.10 Å². The van der Waals surface area contributed by atoms with Crippen molar-refractivity contribution in [1.29, 1.82) is 0 Å². The van der Waals surface area contributed by atoms with Crippen molar-refractivity contribution in [2.24, 2.45) is 5.92 Å². The number of likely N-dealkylation sites (tertiary alicyclic amines) is 1. The zero-order chi connectivity index (χ0) is 16.2. The van der Waals surface area contributed by atoms with Crippen LogP contribution in [0.2, 0.25) is 0 Å². The molecule has 1 aliphatic rings. The zero-order valence-corrected chi connectivity index (χ0v) is 13.8. The normalized spacial score (nSPS) is 21.2. The lowest BCUT2D eigenvalue weighted by molar-refractivity contribution is 0.0248. The molecule has 2 heterocycles. The Kier molecular flexibility index (Phi) is 4.93. The lowest BCUT2D eigenvalue weighted by Crippen LogP contribution is -2.45. The number of hydrogen-bond donors (Lipinski definition) is 1. The number of carbonyl (C=O) groups excluding carboxylic acids is 1. The molecule has 6 heteroatoms. The van der Waals surface area contributed by atoms with E-state index >= 15 is 0 Å². The fourth-order valence-electron chi connectivity index (χ4n) is 2.60. The van der Waals surface area contributed by atoms with E-state index in [1.807, 2.05) is 24.4 Å². The molecule has 0 saturated carbocycles. The maximum absolute atomic E-state index is 12.6. The van der Waals surface area contributed by atoms with Gasteiger partial charge in [0.2, 0.25) is 0 Å². The molecule has 1 fully saturated rings. The predicted octanol–water partition coefficient (Wildman–Crippen LogP) is 2.57. The summed E-state index contributed by atoms with van der Waals surface area (Å²) in [6.45, 7) is 3.48. The molecule has 0 bridgehead atoms. The Hall–Kier alpha value is -1.92. The lowest BCUT2D eigenvalue weighted by atomic mass is 9.95. The first-order valence-electron chi connectivity index (χ1n) is 7.71. The van der Waals surface area contributed by atoms with E-state index in [-0.39, 0.29) is 11.8 Å². The first-order valence-corrected chi connectivity index (χ1v) is 8.65. The second-order valence-electron chi connectivity index (χ2n) is 5.88. The van der Waals surface area contributed by atoms with Crippen LogP contribution in [-0.4, -0.2) is 40.1 Å². The van der Waals surface area contributed by atoms with Gasteiger partial charge < -0.3 is 14.7 Å². The molecule has 1 aromatic heterocycles. The third kappa shape index (κ3) is 3.89. The van der Waals surface area contributed by atoms with Crippen molar-refractivity contribution in [2.45, 2.75) is 26.1 Å². The number of ether oxygens (including phenoxy) is 1. The van der Waals surface area contributed by atoms with Crippen LogP contribution in [0.3, 0.4) is 0 Å². The Labute approximate surface area is 139 Å². The third-order valence-electron chi connectivity index (χ3n) is 4.16. The van der Waals surface area contributed by atoms with E-state index in [9.17, 15) is 9.90 Å².